The molecule has 0 aliphatic carbocycles. The van der Waals surface area contributed by atoms with Crippen LogP contribution in [0.15, 0.2) is 36.9 Å². The standard InChI is InChI=1S/C15H21NO2/c1-4-15(17)18-10-6-9-13-7-5-8-14(11-13)12-16(2)3/h4-5,7-8,11H,1,6,9-10,12H2,2-3H3. The van der Waals surface area contributed by atoms with Crippen molar-refractivity contribution in [2.24, 2.45) is 0 Å². The molecule has 0 aliphatic heterocycles. The van der Waals surface area contributed by atoms with E-state index >= 15 is 0 Å². The number of rotatable bonds is 7. The smallest absolute Gasteiger partial charge is 0.330 e. The highest BCUT2D eigenvalue weighted by atomic mass is 16.5. The number of nitrogens with zero attached hydrogens (tertiary/aromatic N) is 1. The van der Waals surface area contributed by atoms with Crippen molar-refractivity contribution in [1.82, 2.24) is 4.90 Å². The Labute approximate surface area is 109 Å². The largest absolute Gasteiger partial charge is 0.463 e. The first-order chi connectivity index (χ1) is 8.61. The van der Waals surface area contributed by atoms with Crippen LogP contribution >= 0.6 is 0 Å². The summed E-state index contributed by atoms with van der Waals surface area (Å²) in [5, 5.41) is 0. The molecule has 0 fully saturated rings. The number of hydrogen-bond donors (Lipinski definition) is 0. The number of esters is 1. The average Bonchev–Trinajstić information content (AvgIpc) is 2.34. The Kier molecular flexibility index (Phi) is 6.15. The lowest BCUT2D eigenvalue weighted by Gasteiger charge is -2.10. The lowest BCUT2D eigenvalue weighted by atomic mass is 10.1. The van der Waals surface area contributed by atoms with Crippen LogP contribution in [0.5, 0.6) is 0 Å². The Hall–Kier alpha value is -1.61. The predicted molar refractivity (Wildman–Crippen MR) is 73.3 cm³/mol. The second-order valence-electron chi connectivity index (χ2n) is 4.53. The first-order valence-electron chi connectivity index (χ1n) is 6.13. The molecule has 1 rings (SSSR count). The topological polar surface area (TPSA) is 29.5 Å². The molecule has 0 aromatic heterocycles. The van der Waals surface area contributed by atoms with Crippen LogP contribution in [0.25, 0.3) is 0 Å². The minimum Gasteiger partial charge on any atom is -0.463 e. The molecule has 1 aromatic carbocycles. The van der Waals surface area contributed by atoms with Gasteiger partial charge in [0.05, 0.1) is 6.61 Å². The van der Waals surface area contributed by atoms with Crippen LogP contribution in [0.1, 0.15) is 17.5 Å². The molecule has 0 heterocycles. The number of hydrogen-bond acceptors (Lipinski definition) is 3. The van der Waals surface area contributed by atoms with Crippen molar-refractivity contribution in [2.45, 2.75) is 19.4 Å². The molecule has 3 nitrogen and oxygen atoms in total. The van der Waals surface area contributed by atoms with Gasteiger partial charge in [0.1, 0.15) is 0 Å². The number of carbonyl (C=O) groups excluding carboxylic acids is 1. The van der Waals surface area contributed by atoms with Gasteiger partial charge in [-0.25, -0.2) is 4.79 Å². The summed E-state index contributed by atoms with van der Waals surface area (Å²) in [7, 11) is 4.11. The molecular weight excluding hydrogens is 226 g/mol. The van der Waals surface area contributed by atoms with E-state index < -0.39 is 0 Å². The van der Waals surface area contributed by atoms with Crippen LogP contribution in [0.4, 0.5) is 0 Å². The molecule has 98 valence electrons. The van der Waals surface area contributed by atoms with Crippen molar-refractivity contribution in [2.75, 3.05) is 20.7 Å². The highest BCUT2D eigenvalue weighted by Crippen LogP contribution is 2.09. The molecule has 0 bridgehead atoms. The van der Waals surface area contributed by atoms with Crippen molar-refractivity contribution < 1.29 is 9.53 Å². The summed E-state index contributed by atoms with van der Waals surface area (Å²) in [6, 6.07) is 8.51. The van der Waals surface area contributed by atoms with Crippen molar-refractivity contribution in [3.63, 3.8) is 0 Å². The van der Waals surface area contributed by atoms with E-state index in [1.54, 1.807) is 0 Å². The van der Waals surface area contributed by atoms with Crippen LogP contribution < -0.4 is 0 Å². The predicted octanol–water partition coefficient (Wildman–Crippen LogP) is 2.41. The third-order valence-electron chi connectivity index (χ3n) is 2.51. The first kappa shape index (κ1) is 14.5. The third-order valence-corrected chi connectivity index (χ3v) is 2.51. The molecule has 0 saturated carbocycles. The second kappa shape index (κ2) is 7.67. The molecule has 0 atom stereocenters. The molecule has 0 radical (unpaired) electrons. The molecule has 0 unspecified atom stereocenters. The Balaban J connectivity index is 2.38. The van der Waals surface area contributed by atoms with E-state index in [2.05, 4.69) is 49.8 Å². The SMILES string of the molecule is C=CC(=O)OCCCc1cccc(CN(C)C)c1. The number of carbonyl (C=O) groups is 1. The van der Waals surface area contributed by atoms with E-state index in [-0.39, 0.29) is 5.97 Å². The van der Waals surface area contributed by atoms with Crippen molar-refractivity contribution in [1.29, 1.82) is 0 Å². The van der Waals surface area contributed by atoms with Crippen LogP contribution in [-0.2, 0) is 22.5 Å². The van der Waals surface area contributed by atoms with Crippen LogP contribution in [0.2, 0.25) is 0 Å². The maximum atomic E-state index is 10.9. The lowest BCUT2D eigenvalue weighted by molar-refractivity contribution is -0.137. The van der Waals surface area contributed by atoms with Gasteiger partial charge in [0.2, 0.25) is 0 Å². The minimum atomic E-state index is -0.351. The highest BCUT2D eigenvalue weighted by molar-refractivity contribution is 5.81. The van der Waals surface area contributed by atoms with Gasteiger partial charge in [0.15, 0.2) is 0 Å². The fourth-order valence-electron chi connectivity index (χ4n) is 1.76. The van der Waals surface area contributed by atoms with Crippen molar-refractivity contribution in [3.8, 4) is 0 Å². The monoisotopic (exact) mass is 247 g/mol. The summed E-state index contributed by atoms with van der Waals surface area (Å²) in [6.45, 7) is 4.75. The molecule has 1 aromatic rings. The molecule has 18 heavy (non-hydrogen) atoms. The molecule has 0 spiro atoms. The summed E-state index contributed by atoms with van der Waals surface area (Å²) in [6.07, 6.45) is 2.95. The van der Waals surface area contributed by atoms with Crippen molar-refractivity contribution in [3.05, 3.63) is 48.0 Å². The molecular formula is C15H21NO2. The van der Waals surface area contributed by atoms with Gasteiger partial charge in [-0.3, -0.25) is 0 Å². The quantitative estimate of drug-likeness (QED) is 0.421. The zero-order valence-electron chi connectivity index (χ0n) is 11.2. The van der Waals surface area contributed by atoms with Crippen LogP contribution in [0.3, 0.4) is 0 Å². The van der Waals surface area contributed by atoms with Crippen LogP contribution in [-0.4, -0.2) is 31.6 Å². The van der Waals surface area contributed by atoms with E-state index in [0.29, 0.717) is 6.61 Å². The normalized spacial score (nSPS) is 10.4. The fourth-order valence-corrected chi connectivity index (χ4v) is 1.76. The third kappa shape index (κ3) is 5.64. The van der Waals surface area contributed by atoms with E-state index in [4.69, 9.17) is 4.74 Å². The van der Waals surface area contributed by atoms with E-state index in [1.165, 1.54) is 17.2 Å². The Morgan fingerprint density at radius 2 is 2.11 bits per heavy atom. The van der Waals surface area contributed by atoms with Crippen LogP contribution in [0, 0.1) is 0 Å². The summed E-state index contributed by atoms with van der Waals surface area (Å²) < 4.78 is 4.94. The van der Waals surface area contributed by atoms with E-state index in [1.807, 2.05) is 0 Å². The number of benzene rings is 1. The number of ether oxygens (including phenoxy) is 1. The average molecular weight is 247 g/mol. The van der Waals surface area contributed by atoms with Gasteiger partial charge < -0.3 is 9.64 Å². The summed E-state index contributed by atoms with van der Waals surface area (Å²) in [4.78, 5) is 13.0. The van der Waals surface area contributed by atoms with Gasteiger partial charge in [-0.1, -0.05) is 30.8 Å². The number of aryl methyl sites for hydroxylation is 1. The van der Waals surface area contributed by atoms with E-state index in [9.17, 15) is 4.79 Å². The molecule has 0 N–H and O–H groups in total. The molecule has 0 aliphatic rings. The van der Waals surface area contributed by atoms with Gasteiger partial charge in [-0.15, -0.1) is 0 Å². The van der Waals surface area contributed by atoms with E-state index in [0.717, 1.165) is 19.4 Å². The fraction of sp³-hybridized carbons (Fsp3) is 0.400. The van der Waals surface area contributed by atoms with Gasteiger partial charge >= 0.3 is 5.97 Å². The van der Waals surface area contributed by atoms with Gasteiger partial charge in [0, 0.05) is 12.6 Å². The zero-order chi connectivity index (χ0) is 13.4. The second-order valence-corrected chi connectivity index (χ2v) is 4.53. The minimum absolute atomic E-state index is 0.351. The van der Waals surface area contributed by atoms with Crippen molar-refractivity contribution >= 4 is 5.97 Å². The summed E-state index contributed by atoms with van der Waals surface area (Å²) in [5.74, 6) is -0.351. The highest BCUT2D eigenvalue weighted by Gasteiger charge is 1.99. The Morgan fingerprint density at radius 1 is 1.39 bits per heavy atom. The molecule has 0 amide bonds. The summed E-state index contributed by atoms with van der Waals surface area (Å²) >= 11 is 0. The summed E-state index contributed by atoms with van der Waals surface area (Å²) in [5.41, 5.74) is 2.59. The maximum absolute atomic E-state index is 10.9. The van der Waals surface area contributed by atoms with Gasteiger partial charge in [-0.2, -0.15) is 0 Å². The Morgan fingerprint density at radius 3 is 2.78 bits per heavy atom. The maximum Gasteiger partial charge on any atom is 0.330 e. The first-order valence-corrected chi connectivity index (χ1v) is 6.13. The molecule has 0 saturated heterocycles. The lowest BCUT2D eigenvalue weighted by Crippen LogP contribution is -2.10. The molecule has 3 heteroatoms. The zero-order valence-corrected chi connectivity index (χ0v) is 11.2. The Bertz CT molecular complexity index is 399. The van der Waals surface area contributed by atoms with Gasteiger partial charge in [0.25, 0.3) is 0 Å². The van der Waals surface area contributed by atoms with Gasteiger partial charge in [-0.05, 0) is 38.1 Å².